The van der Waals surface area contributed by atoms with Gasteiger partial charge in [-0.05, 0) is 49.3 Å². The molecule has 0 aromatic heterocycles. The highest BCUT2D eigenvalue weighted by atomic mass is 19.1. The summed E-state index contributed by atoms with van der Waals surface area (Å²) in [4.78, 5) is 0. The molecular formula is C15H18FN. The number of halogens is 1. The van der Waals surface area contributed by atoms with Gasteiger partial charge in [0.25, 0.3) is 0 Å². The third kappa shape index (κ3) is 2.02. The molecule has 1 nitrogen and oxygen atoms in total. The SMILES string of the molecule is CC(NC1CC2CC=CC21)c1ccc(F)cc1. The van der Waals surface area contributed by atoms with Gasteiger partial charge < -0.3 is 5.32 Å². The minimum Gasteiger partial charge on any atom is -0.307 e. The Balaban J connectivity index is 1.62. The van der Waals surface area contributed by atoms with Gasteiger partial charge in [-0.3, -0.25) is 0 Å². The number of allylic oxidation sites excluding steroid dienone is 1. The Hall–Kier alpha value is -1.15. The summed E-state index contributed by atoms with van der Waals surface area (Å²) in [6, 6.07) is 7.72. The second kappa shape index (κ2) is 4.26. The highest BCUT2D eigenvalue weighted by molar-refractivity contribution is 5.21. The first-order valence-electron chi connectivity index (χ1n) is 6.42. The zero-order valence-corrected chi connectivity index (χ0v) is 10.1. The molecule has 1 fully saturated rings. The Bertz CT molecular complexity index is 423. The minimum absolute atomic E-state index is 0.164. The molecule has 0 radical (unpaired) electrons. The largest absolute Gasteiger partial charge is 0.307 e. The fraction of sp³-hybridized carbons (Fsp3) is 0.467. The number of benzene rings is 1. The summed E-state index contributed by atoms with van der Waals surface area (Å²) in [5.74, 6) is 1.45. The van der Waals surface area contributed by atoms with E-state index in [4.69, 9.17) is 0 Å². The van der Waals surface area contributed by atoms with Crippen molar-refractivity contribution >= 4 is 0 Å². The van der Waals surface area contributed by atoms with E-state index in [1.54, 1.807) is 0 Å². The zero-order valence-electron chi connectivity index (χ0n) is 10.1. The summed E-state index contributed by atoms with van der Waals surface area (Å²) < 4.78 is 12.8. The van der Waals surface area contributed by atoms with Crippen molar-refractivity contribution in [2.45, 2.75) is 31.8 Å². The summed E-state index contributed by atoms with van der Waals surface area (Å²) in [5.41, 5.74) is 1.16. The first kappa shape index (κ1) is 11.0. The molecule has 4 atom stereocenters. The van der Waals surface area contributed by atoms with E-state index in [1.807, 2.05) is 12.1 Å². The molecule has 3 rings (SSSR count). The lowest BCUT2D eigenvalue weighted by molar-refractivity contribution is 0.152. The van der Waals surface area contributed by atoms with Gasteiger partial charge in [-0.1, -0.05) is 24.3 Å². The predicted molar refractivity (Wildman–Crippen MR) is 67.1 cm³/mol. The van der Waals surface area contributed by atoms with Crippen LogP contribution in [0.2, 0.25) is 0 Å². The second-order valence-electron chi connectivity index (χ2n) is 5.28. The van der Waals surface area contributed by atoms with Crippen LogP contribution in [0.4, 0.5) is 4.39 Å². The van der Waals surface area contributed by atoms with Gasteiger partial charge >= 0.3 is 0 Å². The van der Waals surface area contributed by atoms with Crippen molar-refractivity contribution in [3.63, 3.8) is 0 Å². The summed E-state index contributed by atoms with van der Waals surface area (Å²) in [7, 11) is 0. The van der Waals surface area contributed by atoms with Crippen LogP contribution in [-0.2, 0) is 0 Å². The number of fused-ring (bicyclic) bond motifs is 1. The molecule has 0 spiro atoms. The number of hydrogen-bond donors (Lipinski definition) is 1. The van der Waals surface area contributed by atoms with Gasteiger partial charge in [0.2, 0.25) is 0 Å². The molecule has 2 aliphatic rings. The highest BCUT2D eigenvalue weighted by Gasteiger charge is 2.41. The Morgan fingerprint density at radius 2 is 2.06 bits per heavy atom. The van der Waals surface area contributed by atoms with Crippen molar-refractivity contribution in [2.24, 2.45) is 11.8 Å². The van der Waals surface area contributed by atoms with E-state index in [0.717, 1.165) is 17.4 Å². The molecule has 4 unspecified atom stereocenters. The van der Waals surface area contributed by atoms with E-state index in [-0.39, 0.29) is 5.82 Å². The van der Waals surface area contributed by atoms with Gasteiger partial charge in [-0.2, -0.15) is 0 Å². The number of hydrogen-bond acceptors (Lipinski definition) is 1. The summed E-state index contributed by atoms with van der Waals surface area (Å²) in [6.07, 6.45) is 7.19. The molecule has 0 heterocycles. The Morgan fingerprint density at radius 3 is 2.76 bits per heavy atom. The standard InChI is InChI=1S/C15H18FN/c1-10(11-5-7-13(16)8-6-11)17-15-9-12-3-2-4-14(12)15/h2,4-8,10,12,14-15,17H,3,9H2,1H3. The maximum atomic E-state index is 12.8. The number of nitrogens with one attached hydrogen (secondary N) is 1. The predicted octanol–water partition coefficient (Wildman–Crippen LogP) is 3.44. The molecule has 1 N–H and O–H groups in total. The van der Waals surface area contributed by atoms with Crippen LogP contribution in [0.1, 0.15) is 31.4 Å². The summed E-state index contributed by atoms with van der Waals surface area (Å²) in [5, 5.41) is 3.65. The maximum absolute atomic E-state index is 12.8. The minimum atomic E-state index is -0.164. The van der Waals surface area contributed by atoms with Gasteiger partial charge in [0.05, 0.1) is 0 Å². The normalized spacial score (nSPS) is 32.0. The number of rotatable bonds is 3. The molecule has 1 aromatic rings. The van der Waals surface area contributed by atoms with Gasteiger partial charge in [0, 0.05) is 12.1 Å². The van der Waals surface area contributed by atoms with Crippen molar-refractivity contribution < 1.29 is 4.39 Å². The summed E-state index contributed by atoms with van der Waals surface area (Å²) in [6.45, 7) is 2.15. The van der Waals surface area contributed by atoms with Crippen molar-refractivity contribution in [3.05, 3.63) is 47.8 Å². The van der Waals surface area contributed by atoms with Gasteiger partial charge in [0.1, 0.15) is 5.82 Å². The van der Waals surface area contributed by atoms with E-state index in [1.165, 1.54) is 25.0 Å². The highest BCUT2D eigenvalue weighted by Crippen LogP contribution is 2.43. The van der Waals surface area contributed by atoms with Crippen molar-refractivity contribution in [2.75, 3.05) is 0 Å². The third-order valence-electron chi connectivity index (χ3n) is 4.20. The molecule has 1 aromatic carbocycles. The molecule has 17 heavy (non-hydrogen) atoms. The van der Waals surface area contributed by atoms with Crippen molar-refractivity contribution in [1.82, 2.24) is 5.32 Å². The molecular weight excluding hydrogens is 213 g/mol. The van der Waals surface area contributed by atoms with Crippen LogP contribution in [0.15, 0.2) is 36.4 Å². The Labute approximate surface area is 102 Å². The lowest BCUT2D eigenvalue weighted by Gasteiger charge is -2.42. The van der Waals surface area contributed by atoms with Crippen LogP contribution in [0, 0.1) is 17.7 Å². The summed E-state index contributed by atoms with van der Waals surface area (Å²) >= 11 is 0. The Kier molecular flexibility index (Phi) is 2.75. The molecule has 0 amide bonds. The van der Waals surface area contributed by atoms with Crippen LogP contribution >= 0.6 is 0 Å². The molecule has 2 aliphatic carbocycles. The van der Waals surface area contributed by atoms with E-state index in [9.17, 15) is 4.39 Å². The van der Waals surface area contributed by atoms with Crippen molar-refractivity contribution in [1.29, 1.82) is 0 Å². The van der Waals surface area contributed by atoms with Crippen LogP contribution in [-0.4, -0.2) is 6.04 Å². The second-order valence-corrected chi connectivity index (χ2v) is 5.28. The third-order valence-corrected chi connectivity index (χ3v) is 4.20. The topological polar surface area (TPSA) is 12.0 Å². The first-order chi connectivity index (χ1) is 8.24. The van der Waals surface area contributed by atoms with E-state index in [2.05, 4.69) is 24.4 Å². The molecule has 0 bridgehead atoms. The monoisotopic (exact) mass is 231 g/mol. The van der Waals surface area contributed by atoms with Crippen molar-refractivity contribution in [3.8, 4) is 0 Å². The molecule has 1 saturated carbocycles. The van der Waals surface area contributed by atoms with Crippen LogP contribution in [0.3, 0.4) is 0 Å². The van der Waals surface area contributed by atoms with E-state index in [0.29, 0.717) is 12.1 Å². The molecule has 2 heteroatoms. The van der Waals surface area contributed by atoms with Crippen LogP contribution < -0.4 is 5.32 Å². The molecule has 0 aliphatic heterocycles. The first-order valence-corrected chi connectivity index (χ1v) is 6.42. The lowest BCUT2D eigenvalue weighted by atomic mass is 9.71. The lowest BCUT2D eigenvalue weighted by Crippen LogP contribution is -2.48. The quantitative estimate of drug-likeness (QED) is 0.786. The van der Waals surface area contributed by atoms with Gasteiger partial charge in [0.15, 0.2) is 0 Å². The van der Waals surface area contributed by atoms with E-state index >= 15 is 0 Å². The average molecular weight is 231 g/mol. The Morgan fingerprint density at radius 1 is 1.29 bits per heavy atom. The maximum Gasteiger partial charge on any atom is 0.123 e. The van der Waals surface area contributed by atoms with Crippen LogP contribution in [0.5, 0.6) is 0 Å². The van der Waals surface area contributed by atoms with E-state index < -0.39 is 0 Å². The fourth-order valence-electron chi connectivity index (χ4n) is 3.08. The van der Waals surface area contributed by atoms with Gasteiger partial charge in [-0.15, -0.1) is 0 Å². The zero-order chi connectivity index (χ0) is 11.8. The van der Waals surface area contributed by atoms with Crippen LogP contribution in [0.25, 0.3) is 0 Å². The molecule has 0 saturated heterocycles. The average Bonchev–Trinajstić information content (AvgIpc) is 2.68. The van der Waals surface area contributed by atoms with Gasteiger partial charge in [-0.25, -0.2) is 4.39 Å². The smallest absolute Gasteiger partial charge is 0.123 e. The fourth-order valence-corrected chi connectivity index (χ4v) is 3.08. The molecule has 90 valence electrons.